The molecule has 0 radical (unpaired) electrons. The summed E-state index contributed by atoms with van der Waals surface area (Å²) in [5, 5.41) is 3.83. The molecule has 0 saturated carbocycles. The van der Waals surface area contributed by atoms with Crippen molar-refractivity contribution in [2.75, 3.05) is 20.0 Å². The second kappa shape index (κ2) is 8.18. The second-order valence-electron chi connectivity index (χ2n) is 4.85. The molecule has 0 saturated heterocycles. The van der Waals surface area contributed by atoms with E-state index in [4.69, 9.17) is 9.57 Å². The standard InChI is InChI=1S/C18H17NO4S/c1-22-18-11-4-3-9-16(18)14-19-23-12-6-8-15-7-5-10-17(13-15)24(2,20)21/h3-5,7,9-11,13-14H,12H2,1-2H3. The van der Waals surface area contributed by atoms with Crippen molar-refractivity contribution in [3.8, 4) is 17.6 Å². The third-order valence-corrected chi connectivity index (χ3v) is 4.15. The zero-order valence-electron chi connectivity index (χ0n) is 13.4. The van der Waals surface area contributed by atoms with E-state index >= 15 is 0 Å². The Hall–Kier alpha value is -2.78. The van der Waals surface area contributed by atoms with Gasteiger partial charge in [0.05, 0.1) is 18.2 Å². The zero-order chi connectivity index (χ0) is 17.4. The number of para-hydroxylation sites is 1. The number of nitrogens with zero attached hydrogens (tertiary/aromatic N) is 1. The van der Waals surface area contributed by atoms with Crippen LogP contribution in [0.5, 0.6) is 5.75 Å². The maximum Gasteiger partial charge on any atom is 0.177 e. The lowest BCUT2D eigenvalue weighted by Crippen LogP contribution is -1.96. The van der Waals surface area contributed by atoms with E-state index in [1.165, 1.54) is 12.1 Å². The van der Waals surface area contributed by atoms with Crippen LogP contribution < -0.4 is 4.74 Å². The molecule has 2 aromatic rings. The van der Waals surface area contributed by atoms with E-state index in [2.05, 4.69) is 17.0 Å². The number of methoxy groups -OCH3 is 1. The van der Waals surface area contributed by atoms with Gasteiger partial charge in [-0.1, -0.05) is 35.2 Å². The molecule has 0 aromatic heterocycles. The van der Waals surface area contributed by atoms with E-state index in [0.29, 0.717) is 11.3 Å². The second-order valence-corrected chi connectivity index (χ2v) is 6.87. The van der Waals surface area contributed by atoms with Gasteiger partial charge in [-0.05, 0) is 30.3 Å². The Morgan fingerprint density at radius 1 is 1.17 bits per heavy atom. The molecule has 0 heterocycles. The third kappa shape index (κ3) is 5.14. The molecule has 0 aliphatic heterocycles. The monoisotopic (exact) mass is 343 g/mol. The highest BCUT2D eigenvalue weighted by molar-refractivity contribution is 7.90. The van der Waals surface area contributed by atoms with Crippen molar-refractivity contribution in [2.45, 2.75) is 4.90 Å². The van der Waals surface area contributed by atoms with Crippen molar-refractivity contribution in [1.29, 1.82) is 0 Å². The summed E-state index contributed by atoms with van der Waals surface area (Å²) >= 11 is 0. The first-order valence-electron chi connectivity index (χ1n) is 7.08. The first kappa shape index (κ1) is 17.6. The Labute approximate surface area is 141 Å². The molecule has 0 amide bonds. The molecule has 0 atom stereocenters. The lowest BCUT2D eigenvalue weighted by Gasteiger charge is -2.02. The average molecular weight is 343 g/mol. The van der Waals surface area contributed by atoms with Crippen LogP contribution in [0.15, 0.2) is 58.6 Å². The van der Waals surface area contributed by atoms with Gasteiger partial charge in [-0.25, -0.2) is 8.42 Å². The number of ether oxygens (including phenoxy) is 1. The molecule has 0 unspecified atom stereocenters. The van der Waals surface area contributed by atoms with Crippen LogP contribution in [0.3, 0.4) is 0 Å². The van der Waals surface area contributed by atoms with Crippen LogP contribution in [-0.2, 0) is 14.7 Å². The Morgan fingerprint density at radius 3 is 2.71 bits per heavy atom. The van der Waals surface area contributed by atoms with Crippen LogP contribution in [0, 0.1) is 11.8 Å². The van der Waals surface area contributed by atoms with Crippen molar-refractivity contribution < 1.29 is 18.0 Å². The molecular weight excluding hydrogens is 326 g/mol. The summed E-state index contributed by atoms with van der Waals surface area (Å²) in [5.74, 6) is 6.33. The molecule has 6 heteroatoms. The molecule has 0 aliphatic carbocycles. The fourth-order valence-electron chi connectivity index (χ4n) is 1.88. The Kier molecular flexibility index (Phi) is 5.99. The van der Waals surface area contributed by atoms with Crippen LogP contribution in [0.1, 0.15) is 11.1 Å². The highest BCUT2D eigenvalue weighted by Crippen LogP contribution is 2.14. The largest absolute Gasteiger partial charge is 0.496 e. The van der Waals surface area contributed by atoms with Gasteiger partial charge >= 0.3 is 0 Å². The van der Waals surface area contributed by atoms with Crippen molar-refractivity contribution in [3.05, 3.63) is 59.7 Å². The van der Waals surface area contributed by atoms with Gasteiger partial charge in [-0.15, -0.1) is 0 Å². The Bertz CT molecular complexity index is 892. The topological polar surface area (TPSA) is 65.0 Å². The van der Waals surface area contributed by atoms with E-state index in [0.717, 1.165) is 11.8 Å². The SMILES string of the molecule is COc1ccccc1C=NOCC#Cc1cccc(S(C)(=O)=O)c1. The minimum absolute atomic E-state index is 0.0920. The van der Waals surface area contributed by atoms with Crippen molar-refractivity contribution >= 4 is 16.1 Å². The van der Waals surface area contributed by atoms with Crippen molar-refractivity contribution in [3.63, 3.8) is 0 Å². The maximum absolute atomic E-state index is 11.5. The zero-order valence-corrected chi connectivity index (χ0v) is 14.2. The lowest BCUT2D eigenvalue weighted by atomic mass is 10.2. The van der Waals surface area contributed by atoms with E-state index in [-0.39, 0.29) is 11.5 Å². The fraction of sp³-hybridized carbons (Fsp3) is 0.167. The quantitative estimate of drug-likeness (QED) is 0.362. The number of hydrogen-bond acceptors (Lipinski definition) is 5. The molecule has 2 aromatic carbocycles. The number of benzene rings is 2. The highest BCUT2D eigenvalue weighted by atomic mass is 32.2. The lowest BCUT2D eigenvalue weighted by molar-refractivity contribution is 0.181. The maximum atomic E-state index is 11.5. The summed E-state index contributed by atoms with van der Waals surface area (Å²) in [5.41, 5.74) is 1.41. The van der Waals surface area contributed by atoms with Gasteiger partial charge in [0, 0.05) is 17.4 Å². The first-order chi connectivity index (χ1) is 11.5. The van der Waals surface area contributed by atoms with Crippen LogP contribution in [0.2, 0.25) is 0 Å². The smallest absolute Gasteiger partial charge is 0.177 e. The molecule has 124 valence electrons. The summed E-state index contributed by atoms with van der Waals surface area (Å²) < 4.78 is 28.2. The molecule has 0 bridgehead atoms. The van der Waals surface area contributed by atoms with Crippen LogP contribution in [-0.4, -0.2) is 34.6 Å². The summed E-state index contributed by atoms with van der Waals surface area (Å²) in [6, 6.07) is 13.9. The summed E-state index contributed by atoms with van der Waals surface area (Å²) in [7, 11) is -1.65. The van der Waals surface area contributed by atoms with Gasteiger partial charge in [0.2, 0.25) is 0 Å². The number of sulfone groups is 1. The molecule has 5 nitrogen and oxygen atoms in total. The van der Waals surface area contributed by atoms with E-state index in [1.807, 2.05) is 24.3 Å². The summed E-state index contributed by atoms with van der Waals surface area (Å²) in [4.78, 5) is 5.32. The minimum Gasteiger partial charge on any atom is -0.496 e. The highest BCUT2D eigenvalue weighted by Gasteiger charge is 2.05. The minimum atomic E-state index is -3.24. The normalized spacial score (nSPS) is 10.9. The van der Waals surface area contributed by atoms with Gasteiger partial charge < -0.3 is 9.57 Å². The average Bonchev–Trinajstić information content (AvgIpc) is 2.58. The third-order valence-electron chi connectivity index (χ3n) is 3.04. The fourth-order valence-corrected chi connectivity index (χ4v) is 2.55. The molecule has 2 rings (SSSR count). The molecule has 0 aliphatic rings. The molecular formula is C18H17NO4S. The predicted molar refractivity (Wildman–Crippen MR) is 93.0 cm³/mol. The Morgan fingerprint density at radius 2 is 1.96 bits per heavy atom. The number of oxime groups is 1. The number of hydrogen-bond donors (Lipinski definition) is 0. The molecule has 0 fully saturated rings. The van der Waals surface area contributed by atoms with E-state index < -0.39 is 9.84 Å². The van der Waals surface area contributed by atoms with E-state index in [9.17, 15) is 8.42 Å². The Balaban J connectivity index is 1.94. The van der Waals surface area contributed by atoms with Crippen LogP contribution >= 0.6 is 0 Å². The molecule has 0 N–H and O–H groups in total. The predicted octanol–water partition coefficient (Wildman–Crippen LogP) is 2.50. The first-order valence-corrected chi connectivity index (χ1v) is 8.97. The van der Waals surface area contributed by atoms with Crippen LogP contribution in [0.4, 0.5) is 0 Å². The molecule has 0 spiro atoms. The summed E-state index contributed by atoms with van der Waals surface area (Å²) in [6.45, 7) is 0.0920. The number of rotatable bonds is 5. The van der Waals surface area contributed by atoms with E-state index in [1.54, 1.807) is 25.5 Å². The van der Waals surface area contributed by atoms with Crippen molar-refractivity contribution in [2.24, 2.45) is 5.16 Å². The van der Waals surface area contributed by atoms with Gasteiger partial charge in [0.15, 0.2) is 16.4 Å². The van der Waals surface area contributed by atoms with Gasteiger partial charge in [0.1, 0.15) is 5.75 Å². The molecule has 24 heavy (non-hydrogen) atoms. The van der Waals surface area contributed by atoms with Crippen molar-refractivity contribution in [1.82, 2.24) is 0 Å². The van der Waals surface area contributed by atoms with Gasteiger partial charge in [-0.2, -0.15) is 0 Å². The van der Waals surface area contributed by atoms with Gasteiger partial charge in [0.25, 0.3) is 0 Å². The summed E-state index contributed by atoms with van der Waals surface area (Å²) in [6.07, 6.45) is 2.71. The van der Waals surface area contributed by atoms with Gasteiger partial charge in [-0.3, -0.25) is 0 Å². The van der Waals surface area contributed by atoms with Crippen LogP contribution in [0.25, 0.3) is 0 Å².